The molecular formula is C27H22N6O2. The molecule has 5 rings (SSSR count). The molecule has 1 amide bonds. The predicted octanol–water partition coefficient (Wildman–Crippen LogP) is 5.42. The number of carbonyl (C=O) groups is 1. The molecule has 8 nitrogen and oxygen atoms in total. The maximum atomic E-state index is 12.8. The summed E-state index contributed by atoms with van der Waals surface area (Å²) < 4.78 is 7.99. The van der Waals surface area contributed by atoms with Crippen molar-refractivity contribution >= 4 is 17.5 Å². The van der Waals surface area contributed by atoms with Gasteiger partial charge in [0.1, 0.15) is 5.75 Å². The maximum absolute atomic E-state index is 12.8. The molecule has 0 radical (unpaired) electrons. The van der Waals surface area contributed by atoms with E-state index in [1.807, 2.05) is 59.4 Å². The summed E-state index contributed by atoms with van der Waals surface area (Å²) in [5, 5.41) is 5.86. The Morgan fingerprint density at radius 3 is 2.51 bits per heavy atom. The van der Waals surface area contributed by atoms with Crippen LogP contribution in [0.25, 0.3) is 16.9 Å². The third-order valence-corrected chi connectivity index (χ3v) is 5.26. The monoisotopic (exact) mass is 462 g/mol. The van der Waals surface area contributed by atoms with Gasteiger partial charge in [-0.1, -0.05) is 6.07 Å². The minimum atomic E-state index is -0.191. The lowest BCUT2D eigenvalue weighted by Crippen LogP contribution is -2.12. The van der Waals surface area contributed by atoms with Crippen LogP contribution in [0.2, 0.25) is 0 Å². The van der Waals surface area contributed by atoms with Gasteiger partial charge in [-0.2, -0.15) is 0 Å². The van der Waals surface area contributed by atoms with Crippen molar-refractivity contribution < 1.29 is 9.53 Å². The zero-order valence-electron chi connectivity index (χ0n) is 18.9. The summed E-state index contributed by atoms with van der Waals surface area (Å²) in [6.45, 7) is 0. The molecule has 5 aromatic rings. The first-order chi connectivity index (χ1) is 17.2. The van der Waals surface area contributed by atoms with Crippen molar-refractivity contribution in [1.82, 2.24) is 19.5 Å². The summed E-state index contributed by atoms with van der Waals surface area (Å²) in [7, 11) is 1.76. The third kappa shape index (κ3) is 5.01. The smallest absolute Gasteiger partial charge is 0.255 e. The fraction of sp³-hybridized carbons (Fsp3) is 0.0370. The molecular weight excluding hydrogens is 440 g/mol. The van der Waals surface area contributed by atoms with Crippen molar-refractivity contribution in [1.29, 1.82) is 0 Å². The number of amides is 1. The highest BCUT2D eigenvalue weighted by Gasteiger charge is 2.12. The number of aromatic nitrogens is 4. The second kappa shape index (κ2) is 9.88. The Hall–Kier alpha value is -4.98. The largest absolute Gasteiger partial charge is 0.438 e. The molecule has 35 heavy (non-hydrogen) atoms. The van der Waals surface area contributed by atoms with E-state index in [0.29, 0.717) is 34.5 Å². The second-order valence-electron chi connectivity index (χ2n) is 7.59. The summed E-state index contributed by atoms with van der Waals surface area (Å²) in [5.74, 6) is 1.33. The van der Waals surface area contributed by atoms with E-state index in [4.69, 9.17) is 4.74 Å². The summed E-state index contributed by atoms with van der Waals surface area (Å²) in [6.07, 6.45) is 7.21. The van der Waals surface area contributed by atoms with Gasteiger partial charge in [-0.25, -0.2) is 15.0 Å². The zero-order valence-corrected chi connectivity index (χ0v) is 18.9. The van der Waals surface area contributed by atoms with Gasteiger partial charge in [0.2, 0.25) is 11.8 Å². The number of nitrogens with one attached hydrogen (secondary N) is 2. The lowest BCUT2D eigenvalue weighted by atomic mass is 10.1. The summed E-state index contributed by atoms with van der Waals surface area (Å²) in [5.41, 5.74) is 3.58. The number of carbonyl (C=O) groups excluding carboxylic acids is 1. The van der Waals surface area contributed by atoms with Gasteiger partial charge >= 0.3 is 0 Å². The molecule has 3 aromatic heterocycles. The number of anilines is 2. The Balaban J connectivity index is 1.30. The molecule has 0 saturated heterocycles. The first kappa shape index (κ1) is 21.8. The highest BCUT2D eigenvalue weighted by molar-refractivity contribution is 6.04. The number of hydrogen-bond donors (Lipinski definition) is 2. The molecule has 2 N–H and O–H groups in total. The average molecular weight is 463 g/mol. The van der Waals surface area contributed by atoms with E-state index < -0.39 is 0 Å². The van der Waals surface area contributed by atoms with E-state index in [1.54, 1.807) is 55.8 Å². The van der Waals surface area contributed by atoms with Crippen LogP contribution in [0, 0.1) is 0 Å². The summed E-state index contributed by atoms with van der Waals surface area (Å²) >= 11 is 0. The SMILES string of the molecule is CNc1nccc(-c2cccnc2Oc2ccc(NC(=O)c3cccc(-n4cccc4)c3)cc2)n1. The summed E-state index contributed by atoms with van der Waals surface area (Å²) in [6, 6.07) is 24.0. The molecule has 0 unspecified atom stereocenters. The van der Waals surface area contributed by atoms with Gasteiger partial charge in [-0.05, 0) is 72.8 Å². The van der Waals surface area contributed by atoms with Crippen LogP contribution in [0.1, 0.15) is 10.4 Å². The highest BCUT2D eigenvalue weighted by atomic mass is 16.5. The van der Waals surface area contributed by atoms with Crippen molar-refractivity contribution in [2.45, 2.75) is 0 Å². The number of ether oxygens (including phenoxy) is 1. The number of hydrogen-bond acceptors (Lipinski definition) is 6. The first-order valence-corrected chi connectivity index (χ1v) is 11.0. The average Bonchev–Trinajstić information content (AvgIpc) is 3.45. The Morgan fingerprint density at radius 1 is 0.886 bits per heavy atom. The molecule has 0 saturated carbocycles. The number of rotatable bonds is 7. The van der Waals surface area contributed by atoms with Gasteiger partial charge in [0.25, 0.3) is 5.91 Å². The Labute approximate surface area is 202 Å². The van der Waals surface area contributed by atoms with E-state index in [9.17, 15) is 4.79 Å². The fourth-order valence-corrected chi connectivity index (χ4v) is 3.53. The van der Waals surface area contributed by atoms with Gasteiger partial charge in [0.15, 0.2) is 0 Å². The number of benzene rings is 2. The van der Waals surface area contributed by atoms with Crippen molar-refractivity contribution in [2.24, 2.45) is 0 Å². The molecule has 0 atom stereocenters. The van der Waals surface area contributed by atoms with Crippen LogP contribution >= 0.6 is 0 Å². The lowest BCUT2D eigenvalue weighted by molar-refractivity contribution is 0.102. The molecule has 172 valence electrons. The Morgan fingerprint density at radius 2 is 1.71 bits per heavy atom. The minimum Gasteiger partial charge on any atom is -0.438 e. The van der Waals surface area contributed by atoms with Crippen LogP contribution in [-0.4, -0.2) is 32.5 Å². The molecule has 0 aliphatic carbocycles. The van der Waals surface area contributed by atoms with Gasteiger partial charge in [0, 0.05) is 48.8 Å². The van der Waals surface area contributed by atoms with Crippen LogP contribution in [0.15, 0.2) is 104 Å². The van der Waals surface area contributed by atoms with E-state index in [0.717, 1.165) is 11.3 Å². The van der Waals surface area contributed by atoms with Crippen molar-refractivity contribution in [3.8, 4) is 28.6 Å². The Bertz CT molecular complexity index is 1450. The topological polar surface area (TPSA) is 94.0 Å². The van der Waals surface area contributed by atoms with Gasteiger partial charge < -0.3 is 19.9 Å². The highest BCUT2D eigenvalue weighted by Crippen LogP contribution is 2.31. The van der Waals surface area contributed by atoms with Crippen molar-refractivity contribution in [2.75, 3.05) is 17.7 Å². The molecule has 0 bridgehead atoms. The Kier molecular flexibility index (Phi) is 6.17. The molecule has 0 spiro atoms. The third-order valence-electron chi connectivity index (χ3n) is 5.26. The van der Waals surface area contributed by atoms with Crippen molar-refractivity contribution in [3.05, 3.63) is 109 Å². The molecule has 0 aliphatic heterocycles. The molecule has 8 heteroatoms. The molecule has 3 heterocycles. The normalized spacial score (nSPS) is 10.5. The van der Waals surface area contributed by atoms with Crippen LogP contribution < -0.4 is 15.4 Å². The molecule has 0 fully saturated rings. The standard InChI is InChI=1S/C27H22N6O2/c1-28-27-30-15-13-24(32-27)23-8-5-14-29-26(23)35-22-11-9-20(10-12-22)31-25(34)19-6-4-7-21(18-19)33-16-2-3-17-33/h2-18H,1H3,(H,31,34)(H,28,30,32). The van der Waals surface area contributed by atoms with Crippen LogP contribution in [0.4, 0.5) is 11.6 Å². The van der Waals surface area contributed by atoms with Gasteiger partial charge in [-0.3, -0.25) is 4.79 Å². The number of pyridine rings is 1. The van der Waals surface area contributed by atoms with E-state index in [-0.39, 0.29) is 5.91 Å². The van der Waals surface area contributed by atoms with Crippen molar-refractivity contribution in [3.63, 3.8) is 0 Å². The number of nitrogens with zero attached hydrogens (tertiary/aromatic N) is 4. The molecule has 0 aliphatic rings. The maximum Gasteiger partial charge on any atom is 0.255 e. The first-order valence-electron chi connectivity index (χ1n) is 11.0. The van der Waals surface area contributed by atoms with E-state index in [1.165, 1.54) is 0 Å². The van der Waals surface area contributed by atoms with E-state index in [2.05, 4.69) is 25.6 Å². The van der Waals surface area contributed by atoms with Crippen LogP contribution in [0.3, 0.4) is 0 Å². The quantitative estimate of drug-likeness (QED) is 0.336. The van der Waals surface area contributed by atoms with Gasteiger partial charge in [0.05, 0.1) is 11.3 Å². The van der Waals surface area contributed by atoms with E-state index >= 15 is 0 Å². The van der Waals surface area contributed by atoms with Crippen LogP contribution in [-0.2, 0) is 0 Å². The van der Waals surface area contributed by atoms with Gasteiger partial charge in [-0.15, -0.1) is 0 Å². The minimum absolute atomic E-state index is 0.191. The fourth-order valence-electron chi connectivity index (χ4n) is 3.53. The molecule has 2 aromatic carbocycles. The van der Waals surface area contributed by atoms with Crippen LogP contribution in [0.5, 0.6) is 11.6 Å². The summed E-state index contributed by atoms with van der Waals surface area (Å²) in [4.78, 5) is 25.8. The lowest BCUT2D eigenvalue weighted by Gasteiger charge is -2.11. The second-order valence-corrected chi connectivity index (χ2v) is 7.59. The zero-order chi connectivity index (χ0) is 24.0. The predicted molar refractivity (Wildman–Crippen MR) is 135 cm³/mol.